The van der Waals surface area contributed by atoms with Gasteiger partial charge in [0.05, 0.1) is 0 Å². The Kier molecular flexibility index (Phi) is 39.9. The third-order valence-corrected chi connectivity index (χ3v) is 0.183. The Bertz CT molecular complexity index is 124. The summed E-state index contributed by atoms with van der Waals surface area (Å²) in [6.07, 6.45) is 0. The quantitative estimate of drug-likeness (QED) is 0.186. The normalized spacial score (nSPS) is 6.15. The molecule has 0 aliphatic heterocycles. The fourth-order valence-corrected chi connectivity index (χ4v) is 0. The van der Waals surface area contributed by atoms with Crippen LogP contribution in [-0.2, 0) is 9.59 Å². The number of carboxylic acid groups (broad SMARTS) is 2. The van der Waals surface area contributed by atoms with Crippen LogP contribution in [0.4, 0.5) is 17.8 Å². The first-order valence-corrected chi connectivity index (χ1v) is 2.72. The van der Waals surface area contributed by atoms with Crippen molar-refractivity contribution in [3.05, 3.63) is 0 Å². The van der Waals surface area contributed by atoms with Crippen molar-refractivity contribution in [1.82, 2.24) is 0 Å². The molecule has 0 unspecified atom stereocenters. The van der Waals surface area contributed by atoms with Gasteiger partial charge in [-0.15, -0.1) is 0 Å². The molecule has 0 saturated carbocycles. The van der Waals surface area contributed by atoms with Crippen LogP contribution in [0.2, 0.25) is 0 Å². The first kappa shape index (κ1) is 29.3. The van der Waals surface area contributed by atoms with Crippen LogP contribution in [0, 0.1) is 0 Å². The van der Waals surface area contributed by atoms with Gasteiger partial charge in [-0.1, -0.05) is 0 Å². The van der Waals surface area contributed by atoms with Crippen molar-refractivity contribution >= 4 is 20.7 Å². The molecule has 0 aromatic heterocycles. The zero-order valence-electron chi connectivity index (χ0n) is 7.18. The van der Waals surface area contributed by atoms with Crippen molar-refractivity contribution in [2.24, 2.45) is 0 Å². The number of carbonyl (C=O) groups is 2. The Labute approximate surface area is 84.2 Å². The van der Waals surface area contributed by atoms with E-state index in [0.717, 1.165) is 0 Å². The van der Waals surface area contributed by atoms with Crippen LogP contribution in [0.3, 0.4) is 0 Å². The van der Waals surface area contributed by atoms with Crippen molar-refractivity contribution in [2.75, 3.05) is 0 Å². The second kappa shape index (κ2) is 17.7. The molecule has 0 atom stereocenters. The van der Waals surface area contributed by atoms with Crippen LogP contribution < -0.4 is 18.9 Å². The molecule has 11 heteroatoms. The topological polar surface area (TPSA) is 94.8 Å². The molecule has 0 fully saturated rings. The van der Waals surface area contributed by atoms with E-state index in [1.165, 1.54) is 0 Å². The van der Waals surface area contributed by atoms with Crippen molar-refractivity contribution in [3.8, 4) is 0 Å². The van der Waals surface area contributed by atoms with Gasteiger partial charge in [-0.2, -0.15) is 8.39 Å². The van der Waals surface area contributed by atoms with Gasteiger partial charge in [0.1, 0.15) is 0 Å². The van der Waals surface area contributed by atoms with Gasteiger partial charge in [0, 0.05) is 0 Å². The molecule has 5 nitrogen and oxygen atoms in total. The molecule has 0 heterocycles. The molecule has 0 aromatic rings. The number of rotatable bonds is 0. The summed E-state index contributed by atoms with van der Waals surface area (Å²) in [5, 5.41) is 14.8. The molecule has 0 rings (SSSR count). The Morgan fingerprint density at radius 1 is 1.08 bits per heavy atom. The van der Waals surface area contributed by atoms with Crippen LogP contribution in [0.25, 0.3) is 0 Å². The van der Waals surface area contributed by atoms with E-state index in [2.05, 4.69) is 0 Å². The molecule has 0 amide bonds. The first-order chi connectivity index (χ1) is 4.37. The second-order valence-corrected chi connectivity index (χ2v) is 1.26. The molecule has 0 saturated heterocycles. The Morgan fingerprint density at radius 2 is 1.15 bits per heavy atom. The molecular weight excluding hydrogens is 218 g/mol. The molecule has 0 bridgehead atoms. The summed E-state index contributed by atoms with van der Waals surface area (Å²) in [6, 6.07) is 0. The van der Waals surface area contributed by atoms with Gasteiger partial charge in [-0.3, -0.25) is 9.41 Å². The summed E-state index contributed by atoms with van der Waals surface area (Å²) >= 11 is 0. The van der Waals surface area contributed by atoms with E-state index >= 15 is 0 Å². The molecule has 3 N–H and O–H groups in total. The van der Waals surface area contributed by atoms with Gasteiger partial charge >= 0.3 is 39.6 Å². The van der Waals surface area contributed by atoms with Gasteiger partial charge in [-0.05, 0) is 0 Å². The van der Waals surface area contributed by atoms with Crippen molar-refractivity contribution in [3.63, 3.8) is 0 Å². The Balaban J connectivity index is -0.0000000185. The fourth-order valence-electron chi connectivity index (χ4n) is 0. The van der Waals surface area contributed by atoms with Crippen molar-refractivity contribution < 1.29 is 62.8 Å². The fraction of sp³-hybridized carbons (Fsp3) is 0. The predicted molar refractivity (Wildman–Crippen MR) is 32.7 cm³/mol. The van der Waals surface area contributed by atoms with Gasteiger partial charge in [0.25, 0.3) is 0 Å². The smallest absolute Gasteiger partial charge is 1.00 e. The summed E-state index contributed by atoms with van der Waals surface area (Å²) in [4.78, 5) is 25.0. The van der Waals surface area contributed by atoms with Crippen LogP contribution in [0.1, 0.15) is 1.43 Å². The second-order valence-electron chi connectivity index (χ2n) is 0.825. The molecule has 0 radical (unpaired) electrons. The van der Waals surface area contributed by atoms with E-state index in [-0.39, 0.29) is 29.7 Å². The summed E-state index contributed by atoms with van der Waals surface area (Å²) in [5.74, 6) is -3.65. The Hall–Kier alpha value is -0.353. The predicted octanol–water partition coefficient (Wildman–Crippen LogP) is -2.28. The molecule has 0 aromatic carbocycles. The van der Waals surface area contributed by atoms with E-state index in [4.69, 9.17) is 24.7 Å². The van der Waals surface area contributed by atoms with Crippen LogP contribution >= 0.6 is 8.77 Å². The summed E-state index contributed by atoms with van der Waals surface area (Å²) in [5.41, 5.74) is 0. The zero-order chi connectivity index (χ0) is 8.73. The van der Waals surface area contributed by atoms with Crippen molar-refractivity contribution in [2.45, 2.75) is 0 Å². The number of halogens is 4. The minimum atomic E-state index is -3.62. The first-order valence-electron chi connectivity index (χ1n) is 1.64. The monoisotopic (exact) mass is 224 g/mol. The summed E-state index contributed by atoms with van der Waals surface area (Å²) in [7, 11) is -3.62. The largest absolute Gasteiger partial charge is 1.00 e. The number of hydrogen-bond acceptors (Lipinski definition) is 3. The SMILES string of the molecule is F.F.O=C(O)C(=O)O.OP(F)F.[H-].[Li+]. The molecule has 0 aliphatic carbocycles. The third kappa shape index (κ3) is 81.5. The van der Waals surface area contributed by atoms with E-state index in [1.807, 2.05) is 0 Å². The van der Waals surface area contributed by atoms with Crippen LogP contribution in [0.15, 0.2) is 0 Å². The van der Waals surface area contributed by atoms with Gasteiger partial charge in [-0.25, -0.2) is 9.59 Å². The maximum atomic E-state index is 9.95. The van der Waals surface area contributed by atoms with E-state index < -0.39 is 20.7 Å². The number of aliphatic carboxylic acids is 2. The standard InChI is InChI=1S/C2H2O4.F2HOP.2FH.Li.H/c3-1(4)2(5)6;1-4(2)3;;;;/h(H,3,4)(H,5,6);3H;2*1H;;/q;;;;+1;-1. The van der Waals surface area contributed by atoms with Gasteiger partial charge < -0.3 is 16.5 Å². The Morgan fingerprint density at radius 3 is 1.15 bits per heavy atom. The number of carboxylic acids is 2. The number of hydrogen-bond donors (Lipinski definition) is 3. The molecule has 13 heavy (non-hydrogen) atoms. The van der Waals surface area contributed by atoms with Crippen LogP contribution in [-0.4, -0.2) is 27.0 Å². The molecular formula is C2H6F4LiO5P. The zero-order valence-corrected chi connectivity index (χ0v) is 7.07. The van der Waals surface area contributed by atoms with Gasteiger partial charge in [0.2, 0.25) is 0 Å². The minimum Gasteiger partial charge on any atom is -1.00 e. The summed E-state index contributed by atoms with van der Waals surface area (Å²) in [6.45, 7) is 0. The van der Waals surface area contributed by atoms with Gasteiger partial charge in [0.15, 0.2) is 0 Å². The van der Waals surface area contributed by atoms with Crippen LogP contribution in [0.5, 0.6) is 0 Å². The van der Waals surface area contributed by atoms with E-state index in [9.17, 15) is 8.39 Å². The summed E-state index contributed by atoms with van der Waals surface area (Å²) < 4.78 is 19.9. The average Bonchev–Trinajstić information content (AvgIpc) is 1.63. The minimum absolute atomic E-state index is 0. The van der Waals surface area contributed by atoms with E-state index in [0.29, 0.717) is 0 Å². The molecule has 78 valence electrons. The molecule has 0 spiro atoms. The molecule has 0 aliphatic rings. The van der Waals surface area contributed by atoms with E-state index in [1.54, 1.807) is 0 Å². The third-order valence-electron chi connectivity index (χ3n) is 0.183. The maximum Gasteiger partial charge on any atom is 1.00 e. The maximum absolute atomic E-state index is 9.95. The van der Waals surface area contributed by atoms with Crippen molar-refractivity contribution in [1.29, 1.82) is 0 Å². The average molecular weight is 224 g/mol.